The second kappa shape index (κ2) is 6.87. The van der Waals surface area contributed by atoms with Crippen molar-refractivity contribution in [2.45, 2.75) is 36.2 Å². The van der Waals surface area contributed by atoms with Gasteiger partial charge in [0, 0.05) is 23.8 Å². The van der Waals surface area contributed by atoms with E-state index < -0.39 is 0 Å². The molecule has 0 aliphatic carbocycles. The first kappa shape index (κ1) is 13.5. The van der Waals surface area contributed by atoms with Crippen LogP contribution in [0.1, 0.15) is 24.6 Å². The Morgan fingerprint density at radius 1 is 1.44 bits per heavy atom. The molecule has 0 spiro atoms. The van der Waals surface area contributed by atoms with Crippen LogP contribution in [-0.2, 0) is 6.54 Å². The van der Waals surface area contributed by atoms with Crippen LogP contribution < -0.4 is 5.32 Å². The van der Waals surface area contributed by atoms with Gasteiger partial charge >= 0.3 is 0 Å². The van der Waals surface area contributed by atoms with E-state index >= 15 is 0 Å². The van der Waals surface area contributed by atoms with Crippen LogP contribution in [-0.4, -0.2) is 16.5 Å². The third-order valence-corrected chi connectivity index (χ3v) is 4.49. The average Bonchev–Trinajstić information content (AvgIpc) is 2.77. The van der Waals surface area contributed by atoms with Crippen molar-refractivity contribution >= 4 is 23.1 Å². The molecule has 0 fully saturated rings. The molecule has 0 atom stereocenters. The van der Waals surface area contributed by atoms with E-state index in [1.165, 1.54) is 5.56 Å². The molecule has 2 aromatic heterocycles. The molecule has 0 saturated heterocycles. The standard InChI is InChI=1S/C13H17N3S2/c1-3-6-14-8-11-5-4-7-15-12(11)18-13-16-10(2)9-17-13/h4-5,7,9,14H,3,6,8H2,1-2H3. The smallest absolute Gasteiger partial charge is 0.156 e. The summed E-state index contributed by atoms with van der Waals surface area (Å²) < 4.78 is 1.06. The van der Waals surface area contributed by atoms with Gasteiger partial charge in [-0.3, -0.25) is 0 Å². The van der Waals surface area contributed by atoms with Gasteiger partial charge < -0.3 is 5.32 Å². The van der Waals surface area contributed by atoms with Crippen molar-refractivity contribution in [3.63, 3.8) is 0 Å². The Morgan fingerprint density at radius 2 is 2.33 bits per heavy atom. The molecular formula is C13H17N3S2. The summed E-state index contributed by atoms with van der Waals surface area (Å²) in [5.41, 5.74) is 2.31. The topological polar surface area (TPSA) is 37.8 Å². The number of nitrogens with zero attached hydrogens (tertiary/aromatic N) is 2. The molecule has 3 nitrogen and oxygen atoms in total. The number of hydrogen-bond acceptors (Lipinski definition) is 5. The number of thiazole rings is 1. The lowest BCUT2D eigenvalue weighted by Crippen LogP contribution is -2.14. The molecule has 96 valence electrons. The second-order valence-corrected chi connectivity index (χ2v) is 6.10. The zero-order valence-electron chi connectivity index (χ0n) is 10.6. The van der Waals surface area contributed by atoms with Gasteiger partial charge in [0.25, 0.3) is 0 Å². The largest absolute Gasteiger partial charge is 0.313 e. The highest BCUT2D eigenvalue weighted by atomic mass is 32.2. The minimum absolute atomic E-state index is 0.869. The van der Waals surface area contributed by atoms with Gasteiger partial charge in [0.15, 0.2) is 4.34 Å². The van der Waals surface area contributed by atoms with Crippen molar-refractivity contribution in [1.82, 2.24) is 15.3 Å². The van der Waals surface area contributed by atoms with E-state index in [1.54, 1.807) is 23.1 Å². The number of aryl methyl sites for hydroxylation is 1. The molecular weight excluding hydrogens is 262 g/mol. The monoisotopic (exact) mass is 279 g/mol. The lowest BCUT2D eigenvalue weighted by atomic mass is 10.3. The van der Waals surface area contributed by atoms with Crippen LogP contribution in [0.3, 0.4) is 0 Å². The summed E-state index contributed by atoms with van der Waals surface area (Å²) in [6.45, 7) is 6.09. The van der Waals surface area contributed by atoms with Gasteiger partial charge in [0.05, 0.1) is 0 Å². The van der Waals surface area contributed by atoms with Crippen molar-refractivity contribution in [1.29, 1.82) is 0 Å². The second-order valence-electron chi connectivity index (χ2n) is 4.00. The summed E-state index contributed by atoms with van der Waals surface area (Å²) in [5, 5.41) is 6.53. The van der Waals surface area contributed by atoms with Crippen LogP contribution in [0.15, 0.2) is 33.1 Å². The highest BCUT2D eigenvalue weighted by Gasteiger charge is 2.07. The van der Waals surface area contributed by atoms with E-state index in [0.29, 0.717) is 0 Å². The fraction of sp³-hybridized carbons (Fsp3) is 0.385. The SMILES string of the molecule is CCCNCc1cccnc1Sc1nc(C)cs1. The summed E-state index contributed by atoms with van der Waals surface area (Å²) in [7, 11) is 0. The Labute approximate surface area is 116 Å². The van der Waals surface area contributed by atoms with Crippen LogP contribution in [0.25, 0.3) is 0 Å². The van der Waals surface area contributed by atoms with Crippen molar-refractivity contribution in [3.8, 4) is 0 Å². The molecule has 5 heteroatoms. The van der Waals surface area contributed by atoms with Gasteiger partial charge in [-0.25, -0.2) is 9.97 Å². The molecule has 0 aromatic carbocycles. The molecule has 2 rings (SSSR count). The lowest BCUT2D eigenvalue weighted by Gasteiger charge is -2.07. The first-order chi connectivity index (χ1) is 8.79. The van der Waals surface area contributed by atoms with Crippen LogP contribution >= 0.6 is 23.1 Å². The highest BCUT2D eigenvalue weighted by molar-refractivity contribution is 8.01. The summed E-state index contributed by atoms with van der Waals surface area (Å²) in [5.74, 6) is 0. The van der Waals surface area contributed by atoms with Gasteiger partial charge in [0.1, 0.15) is 5.03 Å². The number of rotatable bonds is 6. The zero-order valence-corrected chi connectivity index (χ0v) is 12.3. The molecule has 2 heterocycles. The zero-order chi connectivity index (χ0) is 12.8. The third-order valence-electron chi connectivity index (χ3n) is 2.37. The van der Waals surface area contributed by atoms with E-state index in [-0.39, 0.29) is 0 Å². The van der Waals surface area contributed by atoms with Gasteiger partial charge in [-0.15, -0.1) is 11.3 Å². The fourth-order valence-electron chi connectivity index (χ4n) is 1.51. The first-order valence-corrected chi connectivity index (χ1v) is 7.74. The third kappa shape index (κ3) is 3.80. The van der Waals surface area contributed by atoms with Crippen LogP contribution in [0.5, 0.6) is 0 Å². The maximum absolute atomic E-state index is 4.46. The van der Waals surface area contributed by atoms with E-state index in [2.05, 4.69) is 33.7 Å². The van der Waals surface area contributed by atoms with Crippen molar-refractivity contribution in [3.05, 3.63) is 35.0 Å². The molecule has 0 bridgehead atoms. The Kier molecular flexibility index (Phi) is 5.16. The molecule has 0 aliphatic rings. The van der Waals surface area contributed by atoms with Gasteiger partial charge in [-0.05, 0) is 43.3 Å². The van der Waals surface area contributed by atoms with E-state index in [4.69, 9.17) is 0 Å². The lowest BCUT2D eigenvalue weighted by molar-refractivity contribution is 0.665. The minimum Gasteiger partial charge on any atom is -0.313 e. The minimum atomic E-state index is 0.869. The predicted molar refractivity (Wildman–Crippen MR) is 77.2 cm³/mol. The molecule has 2 aromatic rings. The van der Waals surface area contributed by atoms with Crippen molar-refractivity contribution < 1.29 is 0 Å². The van der Waals surface area contributed by atoms with Crippen molar-refractivity contribution in [2.24, 2.45) is 0 Å². The number of pyridine rings is 1. The molecule has 0 amide bonds. The maximum atomic E-state index is 4.46. The number of nitrogens with one attached hydrogen (secondary N) is 1. The highest BCUT2D eigenvalue weighted by Crippen LogP contribution is 2.30. The number of aromatic nitrogens is 2. The van der Waals surface area contributed by atoms with Crippen LogP contribution in [0.4, 0.5) is 0 Å². The van der Waals surface area contributed by atoms with Gasteiger partial charge in [-0.1, -0.05) is 13.0 Å². The summed E-state index contributed by atoms with van der Waals surface area (Å²) in [6.07, 6.45) is 2.99. The first-order valence-electron chi connectivity index (χ1n) is 6.04. The Morgan fingerprint density at radius 3 is 3.06 bits per heavy atom. The van der Waals surface area contributed by atoms with E-state index in [9.17, 15) is 0 Å². The molecule has 0 saturated carbocycles. The molecule has 0 aliphatic heterocycles. The van der Waals surface area contributed by atoms with Gasteiger partial charge in [-0.2, -0.15) is 0 Å². The molecule has 18 heavy (non-hydrogen) atoms. The van der Waals surface area contributed by atoms with Crippen molar-refractivity contribution in [2.75, 3.05) is 6.54 Å². The molecule has 1 N–H and O–H groups in total. The molecule has 0 unspecified atom stereocenters. The summed E-state index contributed by atoms with van der Waals surface area (Å²) >= 11 is 3.32. The van der Waals surface area contributed by atoms with Crippen LogP contribution in [0, 0.1) is 6.92 Å². The fourth-order valence-corrected chi connectivity index (χ4v) is 3.35. The summed E-state index contributed by atoms with van der Waals surface area (Å²) in [4.78, 5) is 8.92. The quantitative estimate of drug-likeness (QED) is 0.821. The maximum Gasteiger partial charge on any atom is 0.156 e. The average molecular weight is 279 g/mol. The predicted octanol–water partition coefficient (Wildman–Crippen LogP) is 3.50. The normalized spacial score (nSPS) is 10.8. The van der Waals surface area contributed by atoms with Crippen LogP contribution in [0.2, 0.25) is 0 Å². The van der Waals surface area contributed by atoms with E-state index in [0.717, 1.165) is 34.6 Å². The summed E-state index contributed by atoms with van der Waals surface area (Å²) in [6, 6.07) is 4.11. The van der Waals surface area contributed by atoms with Gasteiger partial charge in [0.2, 0.25) is 0 Å². The Bertz CT molecular complexity index is 496. The number of hydrogen-bond donors (Lipinski definition) is 1. The Hall–Kier alpha value is -0.910. The Balaban J connectivity index is 2.07. The van der Waals surface area contributed by atoms with E-state index in [1.807, 2.05) is 19.2 Å². The molecule has 0 radical (unpaired) electrons.